The normalized spacial score (nSPS) is 12.3. The lowest BCUT2D eigenvalue weighted by atomic mass is 9.94. The molecule has 0 fully saturated rings. The van der Waals surface area contributed by atoms with Gasteiger partial charge in [0.1, 0.15) is 17.0 Å². The summed E-state index contributed by atoms with van der Waals surface area (Å²) in [6.07, 6.45) is 0. The molecular weight excluding hydrogens is 500 g/mol. The van der Waals surface area contributed by atoms with Crippen LogP contribution in [0.25, 0.3) is 10.8 Å². The Labute approximate surface area is 234 Å². The van der Waals surface area contributed by atoms with Gasteiger partial charge < -0.3 is 19.7 Å². The van der Waals surface area contributed by atoms with Gasteiger partial charge in [-0.1, -0.05) is 55.5 Å². The zero-order chi connectivity index (χ0) is 28.4. The monoisotopic (exact) mass is 534 g/mol. The van der Waals surface area contributed by atoms with Crippen LogP contribution in [-0.4, -0.2) is 19.3 Å². The second-order valence-electron chi connectivity index (χ2n) is 11.0. The molecule has 0 aliphatic rings. The number of ether oxygens (including phenoxy) is 2. The average molecular weight is 535 g/mol. The van der Waals surface area contributed by atoms with Crippen molar-refractivity contribution in [3.63, 3.8) is 0 Å². The van der Waals surface area contributed by atoms with Crippen LogP contribution >= 0.6 is 0 Å². The highest BCUT2D eigenvalue weighted by molar-refractivity contribution is 5.86. The third kappa shape index (κ3) is 5.57. The number of fused-ring (bicyclic) bond motifs is 1. The van der Waals surface area contributed by atoms with Crippen molar-refractivity contribution < 1.29 is 9.47 Å². The van der Waals surface area contributed by atoms with E-state index in [1.54, 1.807) is 7.11 Å². The Morgan fingerprint density at radius 2 is 1.52 bits per heavy atom. The standard InChI is InChI=1S/C34H34N2O4/c1-22(28-15-8-11-23-10-6-7-14-29(23)28)21-36(25-16-18-27(39-5)19-17-25)26-13-9-12-24(20-26)35-30-31(37)32(38)33(30)40-34(2,3)4/h6-20,22,35H,21H2,1-5H3. The fourth-order valence-electron chi connectivity index (χ4n) is 4.96. The minimum absolute atomic E-state index is 0.0829. The van der Waals surface area contributed by atoms with E-state index in [0.29, 0.717) is 12.2 Å². The van der Waals surface area contributed by atoms with Crippen molar-refractivity contribution in [3.05, 3.63) is 117 Å². The molecule has 1 atom stereocenters. The van der Waals surface area contributed by atoms with E-state index < -0.39 is 16.5 Å². The maximum atomic E-state index is 12.4. The number of anilines is 4. The van der Waals surface area contributed by atoms with Crippen molar-refractivity contribution in [2.24, 2.45) is 0 Å². The van der Waals surface area contributed by atoms with Gasteiger partial charge in [-0.25, -0.2) is 0 Å². The predicted molar refractivity (Wildman–Crippen MR) is 164 cm³/mol. The Morgan fingerprint density at radius 1 is 0.825 bits per heavy atom. The van der Waals surface area contributed by atoms with Gasteiger partial charge in [0.2, 0.25) is 0 Å². The summed E-state index contributed by atoms with van der Waals surface area (Å²) in [7, 11) is 1.66. The van der Waals surface area contributed by atoms with E-state index in [9.17, 15) is 9.59 Å². The van der Waals surface area contributed by atoms with Crippen molar-refractivity contribution in [3.8, 4) is 11.5 Å². The van der Waals surface area contributed by atoms with Crippen LogP contribution in [0.3, 0.4) is 0 Å². The fraction of sp³-hybridized carbons (Fsp3) is 0.235. The van der Waals surface area contributed by atoms with E-state index in [1.165, 1.54) is 16.3 Å². The second kappa shape index (κ2) is 10.9. The van der Waals surface area contributed by atoms with Gasteiger partial charge in [0, 0.05) is 23.6 Å². The van der Waals surface area contributed by atoms with Crippen molar-refractivity contribution in [2.45, 2.75) is 39.2 Å². The molecule has 5 rings (SSSR count). The first-order valence-corrected chi connectivity index (χ1v) is 13.4. The van der Waals surface area contributed by atoms with Crippen LogP contribution in [0.4, 0.5) is 22.7 Å². The molecule has 0 aliphatic carbocycles. The van der Waals surface area contributed by atoms with Crippen LogP contribution in [0, 0.1) is 0 Å². The largest absolute Gasteiger partial charge is 0.497 e. The van der Waals surface area contributed by atoms with Crippen molar-refractivity contribution in [1.29, 1.82) is 0 Å². The lowest BCUT2D eigenvalue weighted by Gasteiger charge is -2.29. The van der Waals surface area contributed by atoms with Gasteiger partial charge in [0.15, 0.2) is 5.75 Å². The van der Waals surface area contributed by atoms with Gasteiger partial charge in [-0.3, -0.25) is 9.59 Å². The smallest absolute Gasteiger partial charge is 0.272 e. The third-order valence-electron chi connectivity index (χ3n) is 6.90. The molecule has 1 unspecified atom stereocenters. The van der Waals surface area contributed by atoms with Crippen LogP contribution < -0.4 is 30.5 Å². The molecule has 0 radical (unpaired) electrons. The molecular formula is C34H34N2O4. The summed E-state index contributed by atoms with van der Waals surface area (Å²) >= 11 is 0. The minimum atomic E-state index is -0.600. The molecule has 0 saturated heterocycles. The molecule has 1 N–H and O–H groups in total. The van der Waals surface area contributed by atoms with Gasteiger partial charge in [-0.05, 0) is 85.5 Å². The number of benzene rings is 4. The zero-order valence-electron chi connectivity index (χ0n) is 23.5. The van der Waals surface area contributed by atoms with Gasteiger partial charge >= 0.3 is 0 Å². The quantitative estimate of drug-likeness (QED) is 0.200. The Morgan fingerprint density at radius 3 is 2.25 bits per heavy atom. The predicted octanol–water partition coefficient (Wildman–Crippen LogP) is 7.31. The molecule has 0 aromatic heterocycles. The number of hydrogen-bond acceptors (Lipinski definition) is 6. The third-order valence-corrected chi connectivity index (χ3v) is 6.90. The van der Waals surface area contributed by atoms with Crippen LogP contribution in [-0.2, 0) is 0 Å². The van der Waals surface area contributed by atoms with Crippen molar-refractivity contribution in [1.82, 2.24) is 0 Å². The summed E-state index contributed by atoms with van der Waals surface area (Å²) in [5.74, 6) is 1.07. The molecule has 0 aliphatic heterocycles. The molecule has 0 amide bonds. The molecule has 0 spiro atoms. The van der Waals surface area contributed by atoms with E-state index in [4.69, 9.17) is 9.47 Å². The minimum Gasteiger partial charge on any atom is -0.497 e. The molecule has 204 valence electrons. The number of nitrogens with one attached hydrogen (secondary N) is 1. The van der Waals surface area contributed by atoms with Crippen LogP contribution in [0.15, 0.2) is 101 Å². The highest BCUT2D eigenvalue weighted by Crippen LogP contribution is 2.35. The highest BCUT2D eigenvalue weighted by atomic mass is 16.5. The fourth-order valence-corrected chi connectivity index (χ4v) is 4.96. The van der Waals surface area contributed by atoms with Gasteiger partial charge in [-0.15, -0.1) is 0 Å². The number of nitrogens with zero attached hydrogens (tertiary/aromatic N) is 1. The maximum Gasteiger partial charge on any atom is 0.272 e. The second-order valence-corrected chi connectivity index (χ2v) is 11.0. The lowest BCUT2D eigenvalue weighted by Crippen LogP contribution is -2.39. The number of rotatable bonds is 9. The molecule has 0 bridgehead atoms. The maximum absolute atomic E-state index is 12.4. The molecule has 0 saturated carbocycles. The average Bonchev–Trinajstić information content (AvgIpc) is 2.96. The molecule has 5 aromatic carbocycles. The van der Waals surface area contributed by atoms with Gasteiger partial charge in [0.25, 0.3) is 10.9 Å². The van der Waals surface area contributed by atoms with Crippen molar-refractivity contribution in [2.75, 3.05) is 23.9 Å². The number of methoxy groups -OCH3 is 1. The van der Waals surface area contributed by atoms with Gasteiger partial charge in [-0.2, -0.15) is 0 Å². The summed E-state index contributed by atoms with van der Waals surface area (Å²) in [5.41, 5.74) is 2.35. The topological polar surface area (TPSA) is 67.9 Å². The number of hydrogen-bond donors (Lipinski definition) is 1. The van der Waals surface area contributed by atoms with E-state index >= 15 is 0 Å². The first kappa shape index (κ1) is 27.0. The van der Waals surface area contributed by atoms with Crippen molar-refractivity contribution >= 4 is 33.5 Å². The molecule has 6 nitrogen and oxygen atoms in total. The Balaban J connectivity index is 1.50. The summed E-state index contributed by atoms with van der Waals surface area (Å²) in [4.78, 5) is 26.9. The van der Waals surface area contributed by atoms with E-state index in [0.717, 1.165) is 17.1 Å². The zero-order valence-corrected chi connectivity index (χ0v) is 23.5. The lowest BCUT2D eigenvalue weighted by molar-refractivity contribution is 0.128. The summed E-state index contributed by atoms with van der Waals surface area (Å²) in [5, 5.41) is 5.61. The molecule has 5 aromatic rings. The van der Waals surface area contributed by atoms with E-state index in [2.05, 4.69) is 59.6 Å². The van der Waals surface area contributed by atoms with Gasteiger partial charge in [0.05, 0.1) is 7.11 Å². The van der Waals surface area contributed by atoms with Crippen LogP contribution in [0.5, 0.6) is 11.5 Å². The molecule has 0 heterocycles. The SMILES string of the molecule is COc1ccc(N(CC(C)c2cccc3ccccc23)c2cccc(Nc3c(OC(C)(C)C)c(=O)c3=O)c2)cc1. The highest BCUT2D eigenvalue weighted by Gasteiger charge is 2.27. The Hall–Kier alpha value is -4.58. The Kier molecular flexibility index (Phi) is 7.35. The van der Waals surface area contributed by atoms with E-state index in [-0.39, 0.29) is 17.4 Å². The van der Waals surface area contributed by atoms with E-state index in [1.807, 2.05) is 69.3 Å². The first-order chi connectivity index (χ1) is 19.1. The summed E-state index contributed by atoms with van der Waals surface area (Å²) in [6.45, 7) is 8.48. The summed E-state index contributed by atoms with van der Waals surface area (Å²) < 4.78 is 11.2. The van der Waals surface area contributed by atoms with Crippen LogP contribution in [0.2, 0.25) is 0 Å². The first-order valence-electron chi connectivity index (χ1n) is 13.4. The molecule has 40 heavy (non-hydrogen) atoms. The van der Waals surface area contributed by atoms with Crippen LogP contribution in [0.1, 0.15) is 39.2 Å². The Bertz CT molecular complexity index is 1700. The molecule has 6 heteroatoms. The summed E-state index contributed by atoms with van der Waals surface area (Å²) in [6, 6.07) is 30.7.